The topological polar surface area (TPSA) is 54.2 Å². The summed E-state index contributed by atoms with van der Waals surface area (Å²) in [6, 6.07) is 5.26. The number of nitrogens with one attached hydrogen (secondary N) is 1. The third kappa shape index (κ3) is 4.59. The van der Waals surface area contributed by atoms with Gasteiger partial charge in [-0.05, 0) is 31.0 Å². The van der Waals surface area contributed by atoms with E-state index in [1.54, 1.807) is 18.2 Å². The molecule has 0 saturated carbocycles. The van der Waals surface area contributed by atoms with Crippen LogP contribution in [0.5, 0.6) is 0 Å². The Morgan fingerprint density at radius 2 is 2.21 bits per heavy atom. The van der Waals surface area contributed by atoms with Crippen molar-refractivity contribution in [3.8, 4) is 0 Å². The van der Waals surface area contributed by atoms with Crippen molar-refractivity contribution in [2.45, 2.75) is 12.6 Å². The van der Waals surface area contributed by atoms with Crippen LogP contribution >= 0.6 is 0 Å². The fourth-order valence-corrected chi connectivity index (χ4v) is 2.28. The molecular weight excluding hydrogens is 257 g/mol. The molecule has 4 nitrogen and oxygen atoms in total. The SMILES string of the molecule is Nc1cccc(NCC2CCN(CC(F)(F)F)C2)n1. The number of nitrogen functional groups attached to an aromatic ring is 1. The minimum Gasteiger partial charge on any atom is -0.384 e. The maximum Gasteiger partial charge on any atom is 0.401 e. The Hall–Kier alpha value is -1.50. The molecule has 1 aromatic rings. The van der Waals surface area contributed by atoms with Crippen molar-refractivity contribution < 1.29 is 13.2 Å². The first-order valence-electron chi connectivity index (χ1n) is 6.18. The van der Waals surface area contributed by atoms with Gasteiger partial charge in [0.1, 0.15) is 11.6 Å². The summed E-state index contributed by atoms with van der Waals surface area (Å²) in [5.74, 6) is 1.30. The molecule has 19 heavy (non-hydrogen) atoms. The summed E-state index contributed by atoms with van der Waals surface area (Å²) in [4.78, 5) is 5.53. The van der Waals surface area contributed by atoms with Crippen molar-refractivity contribution in [1.29, 1.82) is 0 Å². The lowest BCUT2D eigenvalue weighted by atomic mass is 10.1. The Kier molecular flexibility index (Phi) is 4.14. The van der Waals surface area contributed by atoms with E-state index in [1.165, 1.54) is 4.90 Å². The number of rotatable bonds is 4. The van der Waals surface area contributed by atoms with E-state index in [0.29, 0.717) is 31.3 Å². The molecule has 0 amide bonds. The number of pyridine rings is 1. The first-order valence-corrected chi connectivity index (χ1v) is 6.18. The highest BCUT2D eigenvalue weighted by Crippen LogP contribution is 2.23. The number of nitrogens with two attached hydrogens (primary N) is 1. The summed E-state index contributed by atoms with van der Waals surface area (Å²) in [7, 11) is 0. The molecule has 106 valence electrons. The number of likely N-dealkylation sites (tertiary alicyclic amines) is 1. The van der Waals surface area contributed by atoms with Crippen molar-refractivity contribution in [1.82, 2.24) is 9.88 Å². The lowest BCUT2D eigenvalue weighted by molar-refractivity contribution is -0.143. The second kappa shape index (κ2) is 5.64. The van der Waals surface area contributed by atoms with Crippen molar-refractivity contribution in [3.63, 3.8) is 0 Å². The number of nitrogens with zero attached hydrogens (tertiary/aromatic N) is 2. The number of alkyl halides is 3. The second-order valence-corrected chi connectivity index (χ2v) is 4.83. The van der Waals surface area contributed by atoms with E-state index >= 15 is 0 Å². The molecular formula is C12H17F3N4. The van der Waals surface area contributed by atoms with E-state index < -0.39 is 12.7 Å². The van der Waals surface area contributed by atoms with E-state index in [4.69, 9.17) is 5.73 Å². The van der Waals surface area contributed by atoms with Crippen molar-refractivity contribution in [2.75, 3.05) is 37.2 Å². The molecule has 0 radical (unpaired) electrons. The van der Waals surface area contributed by atoms with Gasteiger partial charge in [0.2, 0.25) is 0 Å². The lowest BCUT2D eigenvalue weighted by Gasteiger charge is -2.18. The number of hydrogen-bond donors (Lipinski definition) is 2. The molecule has 2 heterocycles. The lowest BCUT2D eigenvalue weighted by Crippen LogP contribution is -2.33. The molecule has 0 aliphatic carbocycles. The molecule has 1 aliphatic rings. The molecule has 1 aliphatic heterocycles. The minimum atomic E-state index is -4.11. The monoisotopic (exact) mass is 274 g/mol. The van der Waals surface area contributed by atoms with Crippen LogP contribution in [-0.4, -0.2) is 42.2 Å². The summed E-state index contributed by atoms with van der Waals surface area (Å²) in [6.45, 7) is 0.760. The fraction of sp³-hybridized carbons (Fsp3) is 0.583. The van der Waals surface area contributed by atoms with Gasteiger partial charge >= 0.3 is 6.18 Å². The van der Waals surface area contributed by atoms with Gasteiger partial charge in [-0.2, -0.15) is 13.2 Å². The Bertz CT molecular complexity index is 422. The van der Waals surface area contributed by atoms with Crippen LogP contribution in [0.4, 0.5) is 24.8 Å². The first kappa shape index (κ1) is 13.9. The third-order valence-corrected chi connectivity index (χ3v) is 3.12. The van der Waals surface area contributed by atoms with Crippen LogP contribution in [0.25, 0.3) is 0 Å². The molecule has 2 rings (SSSR count). The normalized spacial score (nSPS) is 20.7. The standard InChI is InChI=1S/C12H17F3N4/c13-12(14,15)8-19-5-4-9(7-19)6-17-11-3-1-2-10(16)18-11/h1-3,9H,4-8H2,(H3,16,17,18). The molecule has 1 saturated heterocycles. The molecule has 0 bridgehead atoms. The number of anilines is 2. The maximum absolute atomic E-state index is 12.2. The van der Waals surface area contributed by atoms with Crippen LogP contribution in [-0.2, 0) is 0 Å². The summed E-state index contributed by atoms with van der Waals surface area (Å²) >= 11 is 0. The van der Waals surface area contributed by atoms with Crippen molar-refractivity contribution >= 4 is 11.6 Å². The second-order valence-electron chi connectivity index (χ2n) is 4.83. The molecule has 7 heteroatoms. The molecule has 0 aromatic carbocycles. The largest absolute Gasteiger partial charge is 0.401 e. The van der Waals surface area contributed by atoms with Gasteiger partial charge in [-0.25, -0.2) is 4.98 Å². The van der Waals surface area contributed by atoms with Gasteiger partial charge in [-0.3, -0.25) is 4.90 Å². The predicted octanol–water partition coefficient (Wildman–Crippen LogP) is 1.96. The van der Waals surface area contributed by atoms with E-state index in [9.17, 15) is 13.2 Å². The van der Waals surface area contributed by atoms with E-state index in [0.717, 1.165) is 6.42 Å². The zero-order chi connectivity index (χ0) is 13.9. The molecule has 3 N–H and O–H groups in total. The van der Waals surface area contributed by atoms with Crippen molar-refractivity contribution in [3.05, 3.63) is 18.2 Å². The first-order chi connectivity index (χ1) is 8.92. The quantitative estimate of drug-likeness (QED) is 0.881. The Morgan fingerprint density at radius 3 is 2.89 bits per heavy atom. The maximum atomic E-state index is 12.2. The Labute approximate surface area is 109 Å². The smallest absolute Gasteiger partial charge is 0.384 e. The van der Waals surface area contributed by atoms with E-state index in [1.807, 2.05) is 0 Å². The van der Waals surface area contributed by atoms with Crippen LogP contribution in [0.15, 0.2) is 18.2 Å². The number of aromatic nitrogens is 1. The molecule has 0 spiro atoms. The van der Waals surface area contributed by atoms with Crippen LogP contribution in [0.2, 0.25) is 0 Å². The van der Waals surface area contributed by atoms with Gasteiger partial charge in [0.05, 0.1) is 6.54 Å². The van der Waals surface area contributed by atoms with Crippen LogP contribution in [0.3, 0.4) is 0 Å². The van der Waals surface area contributed by atoms with E-state index in [2.05, 4.69) is 10.3 Å². The van der Waals surface area contributed by atoms with Gasteiger partial charge in [0, 0.05) is 13.1 Å². The van der Waals surface area contributed by atoms with Gasteiger partial charge in [0.25, 0.3) is 0 Å². The average Bonchev–Trinajstić information content (AvgIpc) is 2.72. The average molecular weight is 274 g/mol. The number of hydrogen-bond acceptors (Lipinski definition) is 4. The van der Waals surface area contributed by atoms with Crippen LogP contribution < -0.4 is 11.1 Å². The molecule has 1 aromatic heterocycles. The van der Waals surface area contributed by atoms with E-state index in [-0.39, 0.29) is 5.92 Å². The van der Waals surface area contributed by atoms with Crippen molar-refractivity contribution in [2.24, 2.45) is 5.92 Å². The predicted molar refractivity (Wildman–Crippen MR) is 67.7 cm³/mol. The number of halogens is 3. The fourth-order valence-electron chi connectivity index (χ4n) is 2.28. The van der Waals surface area contributed by atoms with Crippen LogP contribution in [0.1, 0.15) is 6.42 Å². The van der Waals surface area contributed by atoms with Gasteiger partial charge in [-0.1, -0.05) is 6.07 Å². The summed E-state index contributed by atoms with van der Waals surface area (Å²) in [5, 5.41) is 3.11. The molecule has 1 atom stereocenters. The zero-order valence-electron chi connectivity index (χ0n) is 10.5. The summed E-state index contributed by atoms with van der Waals surface area (Å²) in [5.41, 5.74) is 5.55. The van der Waals surface area contributed by atoms with Gasteiger partial charge < -0.3 is 11.1 Å². The third-order valence-electron chi connectivity index (χ3n) is 3.12. The zero-order valence-corrected chi connectivity index (χ0v) is 10.5. The highest BCUT2D eigenvalue weighted by molar-refractivity contribution is 5.42. The minimum absolute atomic E-state index is 0.214. The van der Waals surface area contributed by atoms with Gasteiger partial charge in [0.15, 0.2) is 0 Å². The highest BCUT2D eigenvalue weighted by atomic mass is 19.4. The molecule has 1 fully saturated rings. The van der Waals surface area contributed by atoms with Crippen LogP contribution in [0, 0.1) is 5.92 Å². The Balaban J connectivity index is 1.76. The summed E-state index contributed by atoms with van der Waals surface area (Å²) < 4.78 is 36.7. The Morgan fingerprint density at radius 1 is 1.42 bits per heavy atom. The van der Waals surface area contributed by atoms with Gasteiger partial charge in [-0.15, -0.1) is 0 Å². The molecule has 1 unspecified atom stereocenters. The highest BCUT2D eigenvalue weighted by Gasteiger charge is 2.34. The summed E-state index contributed by atoms with van der Waals surface area (Å²) in [6.07, 6.45) is -3.34.